The molecule has 0 unspecified atom stereocenters. The molecule has 0 saturated carbocycles. The Kier molecular flexibility index (Phi) is 4.70. The number of benzene rings is 2. The first-order valence-electron chi connectivity index (χ1n) is 10.0. The number of ketones is 1. The van der Waals surface area contributed by atoms with E-state index in [4.69, 9.17) is 14.5 Å². The number of ether oxygens (including phenoxy) is 2. The van der Waals surface area contributed by atoms with E-state index in [1.54, 1.807) is 30.7 Å². The predicted molar refractivity (Wildman–Crippen MR) is 115 cm³/mol. The van der Waals surface area contributed by atoms with Crippen molar-refractivity contribution in [1.29, 1.82) is 0 Å². The van der Waals surface area contributed by atoms with Crippen molar-refractivity contribution in [2.75, 3.05) is 7.11 Å². The van der Waals surface area contributed by atoms with Crippen LogP contribution < -0.4 is 9.47 Å². The number of Topliss-reactive ketones (excluding diaryl/α,β-unsaturated/α-hetero) is 1. The van der Waals surface area contributed by atoms with Gasteiger partial charge in [0.05, 0.1) is 12.7 Å². The van der Waals surface area contributed by atoms with E-state index in [0.29, 0.717) is 45.6 Å². The molecule has 0 bridgehead atoms. The number of methoxy groups -OCH3 is 1. The summed E-state index contributed by atoms with van der Waals surface area (Å²) in [4.78, 5) is 21.8. The van der Waals surface area contributed by atoms with Crippen LogP contribution in [0.15, 0.2) is 66.2 Å². The van der Waals surface area contributed by atoms with Crippen molar-refractivity contribution in [1.82, 2.24) is 19.6 Å². The second kappa shape index (κ2) is 7.56. The normalized spacial score (nSPS) is 15.4. The largest absolute Gasteiger partial charge is 0.497 e. The zero-order chi connectivity index (χ0) is 22.4. The van der Waals surface area contributed by atoms with Gasteiger partial charge in [-0.25, -0.2) is 18.9 Å². The lowest BCUT2D eigenvalue weighted by atomic mass is 9.82. The van der Waals surface area contributed by atoms with Gasteiger partial charge in [-0.3, -0.25) is 4.79 Å². The number of halogens is 1. The van der Waals surface area contributed by atoms with Gasteiger partial charge >= 0.3 is 0 Å². The van der Waals surface area contributed by atoms with Crippen LogP contribution in [0.2, 0.25) is 0 Å². The van der Waals surface area contributed by atoms with Gasteiger partial charge in [0.25, 0.3) is 0 Å². The second-order valence-corrected chi connectivity index (χ2v) is 7.51. The van der Waals surface area contributed by atoms with E-state index in [-0.39, 0.29) is 11.6 Å². The fourth-order valence-corrected chi connectivity index (χ4v) is 4.04. The molecule has 0 amide bonds. The van der Waals surface area contributed by atoms with Crippen LogP contribution in [0.25, 0.3) is 17.0 Å². The van der Waals surface area contributed by atoms with Gasteiger partial charge in [0.15, 0.2) is 17.3 Å². The zero-order valence-electron chi connectivity index (χ0n) is 17.7. The Morgan fingerprint density at radius 3 is 2.50 bits per heavy atom. The smallest absolute Gasteiger partial charge is 0.228 e. The molecule has 0 saturated heterocycles. The number of nitrogens with zero attached hydrogens (tertiary/aromatic N) is 4. The van der Waals surface area contributed by atoms with Crippen LogP contribution in [-0.2, 0) is 4.79 Å². The van der Waals surface area contributed by atoms with Crippen molar-refractivity contribution >= 4 is 11.4 Å². The van der Waals surface area contributed by atoms with Gasteiger partial charge in [-0.05, 0) is 55.8 Å². The lowest BCUT2D eigenvalue weighted by Gasteiger charge is -2.28. The predicted octanol–water partition coefficient (Wildman–Crippen LogP) is 4.33. The lowest BCUT2D eigenvalue weighted by Crippen LogP contribution is -2.22. The van der Waals surface area contributed by atoms with E-state index in [1.807, 2.05) is 24.3 Å². The molecule has 0 N–H and O–H groups in total. The maximum absolute atomic E-state index is 13.4. The Hall–Kier alpha value is -4.07. The van der Waals surface area contributed by atoms with Crippen molar-refractivity contribution in [3.05, 3.63) is 83.1 Å². The molecule has 0 radical (unpaired) electrons. The molecule has 7 nitrogen and oxygen atoms in total. The Labute approximate surface area is 183 Å². The van der Waals surface area contributed by atoms with Crippen molar-refractivity contribution < 1.29 is 18.7 Å². The van der Waals surface area contributed by atoms with E-state index in [9.17, 15) is 9.18 Å². The van der Waals surface area contributed by atoms with E-state index < -0.39 is 5.92 Å². The highest BCUT2D eigenvalue weighted by Gasteiger charge is 2.36. The summed E-state index contributed by atoms with van der Waals surface area (Å²) in [7, 11) is 1.60. The molecule has 2 aromatic heterocycles. The number of hydrogen-bond donors (Lipinski definition) is 0. The number of hydrogen-bond acceptors (Lipinski definition) is 6. The third-order valence-electron chi connectivity index (χ3n) is 5.52. The van der Waals surface area contributed by atoms with Gasteiger partial charge in [-0.1, -0.05) is 12.1 Å². The minimum atomic E-state index is -0.441. The van der Waals surface area contributed by atoms with Crippen LogP contribution in [0.5, 0.6) is 11.6 Å². The Bertz CT molecular complexity index is 1380. The van der Waals surface area contributed by atoms with Crippen molar-refractivity contribution in [3.63, 3.8) is 0 Å². The highest BCUT2D eigenvalue weighted by Crippen LogP contribution is 2.44. The summed E-state index contributed by atoms with van der Waals surface area (Å²) >= 11 is 0. The molecule has 4 aromatic rings. The van der Waals surface area contributed by atoms with Crippen molar-refractivity contribution in [2.24, 2.45) is 0 Å². The van der Waals surface area contributed by atoms with Crippen LogP contribution in [0, 0.1) is 5.82 Å². The molecule has 1 aliphatic heterocycles. The molecule has 1 aliphatic rings. The minimum absolute atomic E-state index is 0.103. The topological polar surface area (TPSA) is 78.6 Å². The van der Waals surface area contributed by atoms with Gasteiger partial charge in [-0.2, -0.15) is 0 Å². The standard InChI is InChI=1S/C24H19FN4O3/c1-13(30)19-14(2)32-24-21(20(19)15-6-10-18(31-3)11-7-15)23-27-22(28-29(23)12-26-24)16-4-8-17(25)9-5-16/h4-12,20H,1-3H3/t20-/m1/s1. The molecule has 160 valence electrons. The zero-order valence-corrected chi connectivity index (χ0v) is 17.7. The highest BCUT2D eigenvalue weighted by molar-refractivity contribution is 5.97. The van der Waals surface area contributed by atoms with E-state index >= 15 is 0 Å². The average Bonchev–Trinajstić information content (AvgIpc) is 3.23. The van der Waals surface area contributed by atoms with Crippen molar-refractivity contribution in [3.8, 4) is 23.0 Å². The SMILES string of the molecule is COc1ccc([C@@H]2C(C(C)=O)=C(C)Oc3ncn4nc(-c5ccc(F)cc5)nc4c32)cc1. The molecule has 5 rings (SSSR count). The van der Waals surface area contributed by atoms with Gasteiger partial charge in [0.2, 0.25) is 5.88 Å². The fraction of sp³-hybridized carbons (Fsp3) is 0.167. The summed E-state index contributed by atoms with van der Waals surface area (Å²) in [5.41, 5.74) is 3.24. The Balaban J connectivity index is 1.74. The molecule has 8 heteroatoms. The molecule has 0 aliphatic carbocycles. The summed E-state index contributed by atoms with van der Waals surface area (Å²) in [5, 5.41) is 4.51. The van der Waals surface area contributed by atoms with Crippen LogP contribution in [0.4, 0.5) is 4.39 Å². The minimum Gasteiger partial charge on any atom is -0.497 e. The number of allylic oxidation sites excluding steroid dienone is 2. The molecule has 32 heavy (non-hydrogen) atoms. The molecule has 1 atom stereocenters. The summed E-state index contributed by atoms with van der Waals surface area (Å²) in [6.45, 7) is 3.28. The maximum Gasteiger partial charge on any atom is 0.228 e. The first-order valence-corrected chi connectivity index (χ1v) is 10.0. The first kappa shape index (κ1) is 19.9. The number of aromatic nitrogens is 4. The second-order valence-electron chi connectivity index (χ2n) is 7.51. The molecule has 0 spiro atoms. The highest BCUT2D eigenvalue weighted by atomic mass is 19.1. The number of carbonyl (C=O) groups excluding carboxylic acids is 1. The number of rotatable bonds is 4. The van der Waals surface area contributed by atoms with Crippen LogP contribution in [0.1, 0.15) is 30.9 Å². The Morgan fingerprint density at radius 1 is 1.12 bits per heavy atom. The van der Waals surface area contributed by atoms with Gasteiger partial charge in [0, 0.05) is 17.1 Å². The first-order chi connectivity index (χ1) is 15.5. The lowest BCUT2D eigenvalue weighted by molar-refractivity contribution is -0.114. The summed E-state index contributed by atoms with van der Waals surface area (Å²) < 4.78 is 26.1. The summed E-state index contributed by atoms with van der Waals surface area (Å²) in [5.74, 6) is 1.13. The number of fused-ring (bicyclic) bond motifs is 3. The van der Waals surface area contributed by atoms with E-state index in [0.717, 1.165) is 5.56 Å². The van der Waals surface area contributed by atoms with Crippen LogP contribution in [-0.4, -0.2) is 32.5 Å². The molecule has 3 heterocycles. The third-order valence-corrected chi connectivity index (χ3v) is 5.52. The van der Waals surface area contributed by atoms with E-state index in [2.05, 4.69) is 10.1 Å². The molecule has 2 aromatic carbocycles. The Morgan fingerprint density at radius 2 is 1.84 bits per heavy atom. The van der Waals surface area contributed by atoms with Crippen molar-refractivity contribution in [2.45, 2.75) is 19.8 Å². The van der Waals surface area contributed by atoms with Gasteiger partial charge in [-0.15, -0.1) is 5.10 Å². The maximum atomic E-state index is 13.4. The van der Waals surface area contributed by atoms with Gasteiger partial charge in [0.1, 0.15) is 23.7 Å². The summed E-state index contributed by atoms with van der Waals surface area (Å²) in [6, 6.07) is 13.5. The molecular formula is C24H19FN4O3. The number of carbonyl (C=O) groups is 1. The quantitative estimate of drug-likeness (QED) is 0.480. The molecule has 0 fully saturated rings. The summed E-state index contributed by atoms with van der Waals surface area (Å²) in [6.07, 6.45) is 1.52. The van der Waals surface area contributed by atoms with Crippen LogP contribution in [0.3, 0.4) is 0 Å². The van der Waals surface area contributed by atoms with Crippen LogP contribution >= 0.6 is 0 Å². The van der Waals surface area contributed by atoms with Gasteiger partial charge < -0.3 is 9.47 Å². The molecular weight excluding hydrogens is 411 g/mol. The average molecular weight is 430 g/mol. The van der Waals surface area contributed by atoms with E-state index in [1.165, 1.54) is 25.4 Å². The third kappa shape index (κ3) is 3.20. The monoisotopic (exact) mass is 430 g/mol. The fourth-order valence-electron chi connectivity index (χ4n) is 4.04.